The minimum Gasteiger partial charge on any atom is -0.391 e. The van der Waals surface area contributed by atoms with Crippen molar-refractivity contribution in [2.45, 2.75) is 26.9 Å². The molecule has 0 spiro atoms. The molecule has 0 saturated carbocycles. The van der Waals surface area contributed by atoms with Gasteiger partial charge in [0.15, 0.2) is 0 Å². The lowest BCUT2D eigenvalue weighted by Gasteiger charge is -2.25. The Labute approximate surface area is 115 Å². The van der Waals surface area contributed by atoms with Crippen LogP contribution in [0.15, 0.2) is 22.7 Å². The van der Waals surface area contributed by atoms with E-state index in [0.29, 0.717) is 5.56 Å². The summed E-state index contributed by atoms with van der Waals surface area (Å²) >= 11 is 3.02. The van der Waals surface area contributed by atoms with Crippen molar-refractivity contribution in [3.63, 3.8) is 0 Å². The average molecular weight is 318 g/mol. The Balaban J connectivity index is 2.63. The second kappa shape index (κ2) is 5.80. The van der Waals surface area contributed by atoms with Gasteiger partial charge in [0.05, 0.1) is 10.6 Å². The van der Waals surface area contributed by atoms with Crippen LogP contribution < -0.4 is 5.32 Å². The van der Waals surface area contributed by atoms with E-state index in [1.807, 2.05) is 20.8 Å². The van der Waals surface area contributed by atoms with Gasteiger partial charge in [0, 0.05) is 12.1 Å². The van der Waals surface area contributed by atoms with Crippen LogP contribution in [0.4, 0.5) is 4.39 Å². The van der Waals surface area contributed by atoms with Gasteiger partial charge in [-0.25, -0.2) is 4.39 Å². The Bertz CT molecular complexity index is 443. The number of benzene rings is 1. The van der Waals surface area contributed by atoms with Gasteiger partial charge in [-0.05, 0) is 39.5 Å². The van der Waals surface area contributed by atoms with Gasteiger partial charge in [0.1, 0.15) is 5.82 Å². The Morgan fingerprint density at radius 3 is 2.61 bits per heavy atom. The summed E-state index contributed by atoms with van der Waals surface area (Å²) in [7, 11) is 0. The molecule has 0 saturated heterocycles. The summed E-state index contributed by atoms with van der Waals surface area (Å²) in [6, 6.07) is 4.03. The van der Waals surface area contributed by atoms with Crippen molar-refractivity contribution in [3.05, 3.63) is 34.1 Å². The normalized spacial score (nSPS) is 13.2. The lowest BCUT2D eigenvalue weighted by molar-refractivity contribution is 0.0587. The Hall–Kier alpha value is -0.940. The fraction of sp³-hybridized carbons (Fsp3) is 0.462. The number of carbonyl (C=O) groups is 1. The first-order chi connectivity index (χ1) is 8.21. The van der Waals surface area contributed by atoms with Crippen molar-refractivity contribution in [3.8, 4) is 0 Å². The first-order valence-electron chi connectivity index (χ1n) is 5.63. The smallest absolute Gasteiger partial charge is 0.251 e. The zero-order valence-corrected chi connectivity index (χ0v) is 12.2. The predicted octanol–water partition coefficient (Wildman–Crippen LogP) is 2.73. The topological polar surface area (TPSA) is 49.3 Å². The van der Waals surface area contributed by atoms with Crippen LogP contribution in [0.5, 0.6) is 0 Å². The van der Waals surface area contributed by atoms with Gasteiger partial charge >= 0.3 is 0 Å². The van der Waals surface area contributed by atoms with E-state index in [4.69, 9.17) is 0 Å². The molecule has 1 aromatic rings. The average Bonchev–Trinajstić information content (AvgIpc) is 2.27. The first-order valence-corrected chi connectivity index (χ1v) is 6.42. The number of carbonyl (C=O) groups excluding carboxylic acids is 1. The highest BCUT2D eigenvalue weighted by molar-refractivity contribution is 9.10. The molecule has 1 amide bonds. The maximum Gasteiger partial charge on any atom is 0.251 e. The minimum atomic E-state index is -0.634. The van der Waals surface area contributed by atoms with E-state index in [1.165, 1.54) is 18.2 Å². The maximum absolute atomic E-state index is 13.0. The van der Waals surface area contributed by atoms with Crippen LogP contribution >= 0.6 is 15.9 Å². The molecule has 0 bridgehead atoms. The third-order valence-electron chi connectivity index (χ3n) is 2.64. The van der Waals surface area contributed by atoms with Gasteiger partial charge in [-0.3, -0.25) is 4.79 Å². The van der Waals surface area contributed by atoms with Crippen molar-refractivity contribution >= 4 is 21.8 Å². The summed E-state index contributed by atoms with van der Waals surface area (Å²) in [5.41, 5.74) is 0.0563. The molecule has 1 rings (SSSR count). The molecular formula is C13H17BrFNO2. The molecule has 1 atom stereocenters. The van der Waals surface area contributed by atoms with Crippen molar-refractivity contribution < 1.29 is 14.3 Å². The molecule has 0 fully saturated rings. The molecule has 0 aliphatic heterocycles. The summed E-state index contributed by atoms with van der Waals surface area (Å²) < 4.78 is 13.3. The molecule has 0 aliphatic carbocycles. The van der Waals surface area contributed by atoms with Crippen molar-refractivity contribution in [2.75, 3.05) is 6.54 Å². The molecule has 1 aromatic carbocycles. The molecule has 0 aromatic heterocycles. The summed E-state index contributed by atoms with van der Waals surface area (Å²) in [5, 5.41) is 12.4. The summed E-state index contributed by atoms with van der Waals surface area (Å²) in [6.07, 6.45) is -0.634. The lowest BCUT2D eigenvalue weighted by Crippen LogP contribution is -2.39. The zero-order valence-electron chi connectivity index (χ0n) is 10.6. The van der Waals surface area contributed by atoms with Gasteiger partial charge in [0.25, 0.3) is 5.91 Å². The number of hydrogen-bond donors (Lipinski definition) is 2. The van der Waals surface area contributed by atoms with Crippen LogP contribution in [0.3, 0.4) is 0 Å². The summed E-state index contributed by atoms with van der Waals surface area (Å²) in [4.78, 5) is 11.8. The molecule has 0 radical (unpaired) electrons. The molecule has 100 valence electrons. The van der Waals surface area contributed by atoms with Crippen LogP contribution in [-0.4, -0.2) is 23.7 Å². The van der Waals surface area contributed by atoms with Crippen LogP contribution in [0, 0.1) is 11.2 Å². The second-order valence-electron chi connectivity index (χ2n) is 5.22. The van der Waals surface area contributed by atoms with Crippen molar-refractivity contribution in [1.29, 1.82) is 0 Å². The van der Waals surface area contributed by atoms with Crippen molar-refractivity contribution in [1.82, 2.24) is 5.32 Å². The van der Waals surface area contributed by atoms with Crippen LogP contribution in [0.2, 0.25) is 0 Å². The molecule has 0 aliphatic rings. The lowest BCUT2D eigenvalue weighted by atomic mass is 9.89. The number of aliphatic hydroxyl groups excluding tert-OH is 1. The van der Waals surface area contributed by atoms with E-state index in [9.17, 15) is 14.3 Å². The van der Waals surface area contributed by atoms with Gasteiger partial charge < -0.3 is 10.4 Å². The van der Waals surface area contributed by atoms with Gasteiger partial charge in [-0.15, -0.1) is 0 Å². The van der Waals surface area contributed by atoms with Crippen LogP contribution in [0.1, 0.15) is 31.1 Å². The summed E-state index contributed by atoms with van der Waals surface area (Å²) in [6.45, 7) is 5.83. The van der Waals surface area contributed by atoms with Crippen LogP contribution in [0.25, 0.3) is 0 Å². The maximum atomic E-state index is 13.0. The molecule has 5 heteroatoms. The Kier molecular flexibility index (Phi) is 4.87. The minimum absolute atomic E-state index is 0.164. The Morgan fingerprint density at radius 1 is 1.50 bits per heavy atom. The third kappa shape index (κ3) is 4.07. The van der Waals surface area contributed by atoms with Gasteiger partial charge in [-0.1, -0.05) is 20.8 Å². The number of halogens is 2. The molecular weight excluding hydrogens is 301 g/mol. The fourth-order valence-electron chi connectivity index (χ4n) is 1.23. The standard InChI is InChI=1S/C13H17BrFNO2/c1-13(2,3)11(17)7-16-12(18)8-4-5-10(15)9(14)6-8/h4-6,11,17H,7H2,1-3H3,(H,16,18). The molecule has 0 heterocycles. The number of amides is 1. The SMILES string of the molecule is CC(C)(C)C(O)CNC(=O)c1ccc(F)c(Br)c1. The zero-order chi connectivity index (χ0) is 13.9. The largest absolute Gasteiger partial charge is 0.391 e. The highest BCUT2D eigenvalue weighted by Crippen LogP contribution is 2.19. The first kappa shape index (κ1) is 15.1. The van der Waals surface area contributed by atoms with Gasteiger partial charge in [-0.2, -0.15) is 0 Å². The van der Waals surface area contributed by atoms with Crippen LogP contribution in [-0.2, 0) is 0 Å². The van der Waals surface area contributed by atoms with E-state index in [2.05, 4.69) is 21.2 Å². The number of rotatable bonds is 3. The van der Waals surface area contributed by atoms with E-state index in [-0.39, 0.29) is 22.3 Å². The Morgan fingerprint density at radius 2 is 2.11 bits per heavy atom. The van der Waals surface area contributed by atoms with E-state index in [0.717, 1.165) is 0 Å². The monoisotopic (exact) mass is 317 g/mol. The van der Waals surface area contributed by atoms with Crippen molar-refractivity contribution in [2.24, 2.45) is 5.41 Å². The van der Waals surface area contributed by atoms with E-state index >= 15 is 0 Å². The van der Waals surface area contributed by atoms with E-state index in [1.54, 1.807) is 0 Å². The highest BCUT2D eigenvalue weighted by Gasteiger charge is 2.22. The molecule has 1 unspecified atom stereocenters. The predicted molar refractivity (Wildman–Crippen MR) is 71.9 cm³/mol. The van der Waals surface area contributed by atoms with E-state index < -0.39 is 11.9 Å². The highest BCUT2D eigenvalue weighted by atomic mass is 79.9. The molecule has 18 heavy (non-hydrogen) atoms. The molecule has 2 N–H and O–H groups in total. The van der Waals surface area contributed by atoms with Gasteiger partial charge in [0.2, 0.25) is 0 Å². The number of aliphatic hydroxyl groups is 1. The quantitative estimate of drug-likeness (QED) is 0.900. The fourth-order valence-corrected chi connectivity index (χ4v) is 1.61. The number of nitrogens with one attached hydrogen (secondary N) is 1. The third-order valence-corrected chi connectivity index (χ3v) is 3.25. The number of hydrogen-bond acceptors (Lipinski definition) is 2. The second-order valence-corrected chi connectivity index (χ2v) is 6.08. The summed E-state index contributed by atoms with van der Waals surface area (Å²) in [5.74, 6) is -0.750. The molecule has 3 nitrogen and oxygen atoms in total.